The highest BCUT2D eigenvalue weighted by Gasteiger charge is 2.40. The van der Waals surface area contributed by atoms with Gasteiger partial charge in [-0.1, -0.05) is 0 Å². The standard InChI is InChI=1S/C15H15F3N2O5S/c1-4-20-11(7-8-19-20)25-14(21)9-5-6-10(15(16,17)18)13(12(9)24-2)26(3,22)23/h5-8H,4H2,1-3H3. The molecule has 1 aromatic carbocycles. The van der Waals surface area contributed by atoms with Gasteiger partial charge in [0, 0.05) is 18.9 Å². The van der Waals surface area contributed by atoms with E-state index in [2.05, 4.69) is 5.10 Å². The number of carbonyl (C=O) groups excluding carboxylic acids is 1. The van der Waals surface area contributed by atoms with Crippen LogP contribution in [0.3, 0.4) is 0 Å². The first-order valence-corrected chi connectivity index (χ1v) is 9.12. The third-order valence-corrected chi connectivity index (χ3v) is 4.53. The smallest absolute Gasteiger partial charge is 0.417 e. The first-order chi connectivity index (χ1) is 12.0. The Morgan fingerprint density at radius 3 is 2.42 bits per heavy atom. The molecule has 0 aliphatic carbocycles. The number of ether oxygens (including phenoxy) is 2. The van der Waals surface area contributed by atoms with Gasteiger partial charge < -0.3 is 9.47 Å². The lowest BCUT2D eigenvalue weighted by atomic mass is 10.1. The maximum atomic E-state index is 13.2. The van der Waals surface area contributed by atoms with Crippen molar-refractivity contribution in [3.05, 3.63) is 35.5 Å². The van der Waals surface area contributed by atoms with Crippen molar-refractivity contribution in [3.8, 4) is 11.6 Å². The molecule has 26 heavy (non-hydrogen) atoms. The van der Waals surface area contributed by atoms with Crippen molar-refractivity contribution in [1.82, 2.24) is 9.78 Å². The Morgan fingerprint density at radius 2 is 1.92 bits per heavy atom. The molecule has 1 heterocycles. The zero-order chi connectivity index (χ0) is 19.7. The second-order valence-corrected chi connectivity index (χ2v) is 7.12. The number of nitrogens with zero attached hydrogens (tertiary/aromatic N) is 2. The van der Waals surface area contributed by atoms with Crippen LogP contribution in [0.4, 0.5) is 13.2 Å². The number of halogens is 3. The first kappa shape index (κ1) is 19.8. The Balaban J connectivity index is 2.62. The third-order valence-electron chi connectivity index (χ3n) is 3.39. The molecule has 0 saturated heterocycles. The van der Waals surface area contributed by atoms with E-state index in [1.54, 1.807) is 6.92 Å². The highest BCUT2D eigenvalue weighted by atomic mass is 32.2. The van der Waals surface area contributed by atoms with Crippen molar-refractivity contribution in [2.75, 3.05) is 13.4 Å². The highest BCUT2D eigenvalue weighted by Crippen LogP contribution is 2.40. The summed E-state index contributed by atoms with van der Waals surface area (Å²) in [5, 5.41) is 3.89. The number of aryl methyl sites for hydroxylation is 1. The van der Waals surface area contributed by atoms with Crippen LogP contribution in [-0.2, 0) is 22.6 Å². The first-order valence-electron chi connectivity index (χ1n) is 7.23. The molecule has 0 atom stereocenters. The fraction of sp³-hybridized carbons (Fsp3) is 0.333. The van der Waals surface area contributed by atoms with Crippen LogP contribution >= 0.6 is 0 Å². The highest BCUT2D eigenvalue weighted by molar-refractivity contribution is 7.90. The summed E-state index contributed by atoms with van der Waals surface area (Å²) in [5.74, 6) is -1.74. The number of sulfone groups is 1. The molecular weight excluding hydrogens is 377 g/mol. The summed E-state index contributed by atoms with van der Waals surface area (Å²) in [6, 6.07) is 2.70. The maximum Gasteiger partial charge on any atom is 0.417 e. The summed E-state index contributed by atoms with van der Waals surface area (Å²) in [6.45, 7) is 2.12. The van der Waals surface area contributed by atoms with Crippen LogP contribution in [-0.4, -0.2) is 37.5 Å². The Morgan fingerprint density at radius 1 is 1.27 bits per heavy atom. The van der Waals surface area contributed by atoms with Crippen LogP contribution in [0.5, 0.6) is 11.6 Å². The molecule has 0 unspecified atom stereocenters. The van der Waals surface area contributed by atoms with E-state index in [0.29, 0.717) is 18.9 Å². The summed E-state index contributed by atoms with van der Waals surface area (Å²) in [5.41, 5.74) is -1.88. The van der Waals surface area contributed by atoms with E-state index in [-0.39, 0.29) is 5.88 Å². The predicted octanol–water partition coefficient (Wildman–Crippen LogP) is 2.55. The Labute approximate surface area is 147 Å². The maximum absolute atomic E-state index is 13.2. The summed E-state index contributed by atoms with van der Waals surface area (Å²) >= 11 is 0. The topological polar surface area (TPSA) is 87.5 Å². The van der Waals surface area contributed by atoms with Crippen molar-refractivity contribution in [3.63, 3.8) is 0 Å². The molecule has 2 aromatic rings. The summed E-state index contributed by atoms with van der Waals surface area (Å²) in [6.07, 6.45) is -2.98. The quantitative estimate of drug-likeness (QED) is 0.727. The molecule has 142 valence electrons. The van der Waals surface area contributed by atoms with E-state index in [4.69, 9.17) is 9.47 Å². The molecule has 0 N–H and O–H groups in total. The summed E-state index contributed by atoms with van der Waals surface area (Å²) in [4.78, 5) is 11.3. The van der Waals surface area contributed by atoms with E-state index >= 15 is 0 Å². The van der Waals surface area contributed by atoms with E-state index < -0.39 is 43.8 Å². The molecule has 0 saturated carbocycles. The predicted molar refractivity (Wildman–Crippen MR) is 84.0 cm³/mol. The molecule has 11 heteroatoms. The van der Waals surface area contributed by atoms with Crippen LogP contribution in [0, 0.1) is 0 Å². The molecule has 7 nitrogen and oxygen atoms in total. The van der Waals surface area contributed by atoms with Crippen molar-refractivity contribution in [1.29, 1.82) is 0 Å². The molecule has 0 aliphatic heterocycles. The van der Waals surface area contributed by atoms with Crippen molar-refractivity contribution in [2.24, 2.45) is 0 Å². The normalized spacial score (nSPS) is 12.1. The molecule has 0 bridgehead atoms. The molecule has 0 spiro atoms. The van der Waals surface area contributed by atoms with Gasteiger partial charge in [0.25, 0.3) is 0 Å². The molecule has 0 amide bonds. The second kappa shape index (κ2) is 6.98. The fourth-order valence-corrected chi connectivity index (χ4v) is 3.43. The number of carbonyl (C=O) groups is 1. The third kappa shape index (κ3) is 3.82. The lowest BCUT2D eigenvalue weighted by molar-refractivity contribution is -0.140. The van der Waals surface area contributed by atoms with Crippen LogP contribution in [0.1, 0.15) is 22.8 Å². The van der Waals surface area contributed by atoms with Gasteiger partial charge in [-0.2, -0.15) is 18.3 Å². The second-order valence-electron chi connectivity index (χ2n) is 5.17. The SMILES string of the molecule is CCn1nccc1OC(=O)c1ccc(C(F)(F)F)c(S(C)(=O)=O)c1OC. The summed E-state index contributed by atoms with van der Waals surface area (Å²) < 4.78 is 74.7. The van der Waals surface area contributed by atoms with Gasteiger partial charge in [0.1, 0.15) is 10.5 Å². The lowest BCUT2D eigenvalue weighted by Gasteiger charge is -2.17. The number of esters is 1. The van der Waals surface area contributed by atoms with Crippen LogP contribution in [0.15, 0.2) is 29.3 Å². The van der Waals surface area contributed by atoms with Crippen LogP contribution in [0.2, 0.25) is 0 Å². The number of methoxy groups -OCH3 is 1. The molecule has 0 radical (unpaired) electrons. The van der Waals surface area contributed by atoms with Crippen LogP contribution in [0.25, 0.3) is 0 Å². The minimum absolute atomic E-state index is 0.0559. The lowest BCUT2D eigenvalue weighted by Crippen LogP contribution is -2.18. The van der Waals surface area contributed by atoms with Gasteiger partial charge in [-0.15, -0.1) is 0 Å². The fourth-order valence-electron chi connectivity index (χ4n) is 2.31. The number of hydrogen-bond acceptors (Lipinski definition) is 6. The minimum Gasteiger partial charge on any atom is -0.494 e. The zero-order valence-corrected chi connectivity index (χ0v) is 14.8. The van der Waals surface area contributed by atoms with Gasteiger partial charge in [0.05, 0.1) is 18.9 Å². The van der Waals surface area contributed by atoms with Gasteiger partial charge in [-0.05, 0) is 19.1 Å². The molecule has 0 aliphatic rings. The number of aromatic nitrogens is 2. The molecule has 0 fully saturated rings. The van der Waals surface area contributed by atoms with E-state index in [0.717, 1.165) is 13.2 Å². The van der Waals surface area contributed by atoms with E-state index in [1.165, 1.54) is 16.9 Å². The average Bonchev–Trinajstić information content (AvgIpc) is 2.98. The Kier molecular flexibility index (Phi) is 5.31. The van der Waals surface area contributed by atoms with Crippen LogP contribution < -0.4 is 9.47 Å². The van der Waals surface area contributed by atoms with Gasteiger partial charge in [-0.3, -0.25) is 0 Å². The number of hydrogen-bond donors (Lipinski definition) is 0. The summed E-state index contributed by atoms with van der Waals surface area (Å²) in [7, 11) is -3.39. The Bertz CT molecular complexity index is 935. The van der Waals surface area contributed by atoms with E-state index in [9.17, 15) is 26.4 Å². The average molecular weight is 392 g/mol. The number of benzene rings is 1. The zero-order valence-electron chi connectivity index (χ0n) is 14.0. The number of rotatable bonds is 5. The van der Waals surface area contributed by atoms with Gasteiger partial charge >= 0.3 is 12.1 Å². The van der Waals surface area contributed by atoms with E-state index in [1.807, 2.05) is 0 Å². The Hall–Kier alpha value is -2.56. The van der Waals surface area contributed by atoms with Gasteiger partial charge in [-0.25, -0.2) is 17.9 Å². The minimum atomic E-state index is -4.95. The van der Waals surface area contributed by atoms with Crippen molar-refractivity contribution in [2.45, 2.75) is 24.5 Å². The van der Waals surface area contributed by atoms with Gasteiger partial charge in [0.2, 0.25) is 5.88 Å². The molecule has 1 aromatic heterocycles. The van der Waals surface area contributed by atoms with Crippen molar-refractivity contribution < 1.29 is 35.9 Å². The molecule has 2 rings (SSSR count). The van der Waals surface area contributed by atoms with Gasteiger partial charge in [0.15, 0.2) is 15.6 Å². The largest absolute Gasteiger partial charge is 0.494 e. The van der Waals surface area contributed by atoms with Crippen molar-refractivity contribution >= 4 is 15.8 Å². The number of alkyl halides is 3. The molecular formula is C15H15F3N2O5S. The monoisotopic (exact) mass is 392 g/mol.